The highest BCUT2D eigenvalue weighted by Crippen LogP contribution is 2.03. The van der Waals surface area contributed by atoms with Crippen molar-refractivity contribution in [3.05, 3.63) is 16.0 Å². The van der Waals surface area contributed by atoms with Crippen molar-refractivity contribution in [1.82, 2.24) is 9.78 Å². The Hall–Kier alpha value is -1.19. The summed E-state index contributed by atoms with van der Waals surface area (Å²) in [5.74, 6) is 0. The van der Waals surface area contributed by atoms with Crippen LogP contribution in [0, 0.1) is 0 Å². The van der Waals surface area contributed by atoms with Crippen molar-refractivity contribution in [3.63, 3.8) is 0 Å². The number of anilines is 1. The van der Waals surface area contributed by atoms with Gasteiger partial charge in [0.1, 0.15) is 5.69 Å². The van der Waals surface area contributed by atoms with E-state index in [0.717, 1.165) is 31.5 Å². The molecule has 0 radical (unpaired) electrons. The average Bonchev–Trinajstić information content (AvgIpc) is 2.41. The maximum Gasteiger partial charge on any atom is 0.289 e. The summed E-state index contributed by atoms with van der Waals surface area (Å²) in [6.45, 7) is 4.81. The number of hydrogen-bond donors (Lipinski definition) is 2. The van der Waals surface area contributed by atoms with Gasteiger partial charge in [-0.2, -0.15) is 0 Å². The molecule has 0 aromatic carbocycles. The molecule has 0 saturated carbocycles. The third kappa shape index (κ3) is 1.94. The van der Waals surface area contributed by atoms with Crippen molar-refractivity contribution >= 4 is 5.69 Å². The standard InChI is InChI=1S/C9H17N3O/c1-3-5-6-12-9(13)8(10)7(4-2)11-12/h11H,3-6,10H2,1-2H3. The number of aromatic amines is 1. The molecule has 1 rings (SSSR count). The monoisotopic (exact) mass is 183 g/mol. The summed E-state index contributed by atoms with van der Waals surface area (Å²) in [5, 5.41) is 3.01. The fourth-order valence-corrected chi connectivity index (χ4v) is 1.29. The van der Waals surface area contributed by atoms with Gasteiger partial charge < -0.3 is 5.73 Å². The Labute approximate surface area is 77.7 Å². The van der Waals surface area contributed by atoms with Crippen molar-refractivity contribution in [1.29, 1.82) is 0 Å². The van der Waals surface area contributed by atoms with E-state index in [1.165, 1.54) is 0 Å². The van der Waals surface area contributed by atoms with Gasteiger partial charge in [-0.25, -0.2) is 0 Å². The van der Waals surface area contributed by atoms with Gasteiger partial charge in [0.25, 0.3) is 5.56 Å². The molecule has 0 fully saturated rings. The van der Waals surface area contributed by atoms with Crippen molar-refractivity contribution in [3.8, 4) is 0 Å². The third-order valence-corrected chi connectivity index (χ3v) is 2.16. The van der Waals surface area contributed by atoms with Crippen molar-refractivity contribution < 1.29 is 0 Å². The lowest BCUT2D eigenvalue weighted by Crippen LogP contribution is -2.18. The molecular formula is C9H17N3O. The Bertz CT molecular complexity index is 324. The second-order valence-electron chi connectivity index (χ2n) is 3.17. The van der Waals surface area contributed by atoms with Crippen LogP contribution in [0.25, 0.3) is 0 Å². The molecule has 0 aliphatic carbocycles. The summed E-state index contributed by atoms with van der Waals surface area (Å²) in [4.78, 5) is 11.5. The largest absolute Gasteiger partial charge is 0.393 e. The Morgan fingerprint density at radius 1 is 1.46 bits per heavy atom. The molecule has 13 heavy (non-hydrogen) atoms. The Kier molecular flexibility index (Phi) is 3.17. The van der Waals surface area contributed by atoms with Crippen LogP contribution >= 0.6 is 0 Å². The molecule has 3 N–H and O–H groups in total. The maximum absolute atomic E-state index is 11.5. The molecule has 4 nitrogen and oxygen atoms in total. The normalized spacial score (nSPS) is 10.6. The predicted octanol–water partition coefficient (Wildman–Crippen LogP) is 1.12. The van der Waals surface area contributed by atoms with E-state index in [9.17, 15) is 4.79 Å². The minimum absolute atomic E-state index is 0.0784. The van der Waals surface area contributed by atoms with Gasteiger partial charge >= 0.3 is 0 Å². The molecule has 0 atom stereocenters. The van der Waals surface area contributed by atoms with Crippen LogP contribution in [0.4, 0.5) is 5.69 Å². The van der Waals surface area contributed by atoms with Crippen LogP contribution < -0.4 is 11.3 Å². The van der Waals surface area contributed by atoms with Gasteiger partial charge in [-0.3, -0.25) is 14.6 Å². The van der Waals surface area contributed by atoms with E-state index in [1.54, 1.807) is 4.68 Å². The first-order valence-electron chi connectivity index (χ1n) is 4.77. The summed E-state index contributed by atoms with van der Waals surface area (Å²) < 4.78 is 1.59. The summed E-state index contributed by atoms with van der Waals surface area (Å²) in [6, 6.07) is 0. The smallest absolute Gasteiger partial charge is 0.289 e. The highest BCUT2D eigenvalue weighted by molar-refractivity contribution is 5.40. The summed E-state index contributed by atoms with van der Waals surface area (Å²) in [6.07, 6.45) is 2.86. The fourth-order valence-electron chi connectivity index (χ4n) is 1.29. The molecule has 0 aliphatic heterocycles. The number of aromatic nitrogens is 2. The first-order valence-corrected chi connectivity index (χ1v) is 4.77. The average molecular weight is 183 g/mol. The van der Waals surface area contributed by atoms with Gasteiger partial charge in [0.15, 0.2) is 0 Å². The topological polar surface area (TPSA) is 63.8 Å². The van der Waals surface area contributed by atoms with E-state index in [-0.39, 0.29) is 5.56 Å². The van der Waals surface area contributed by atoms with E-state index in [4.69, 9.17) is 5.73 Å². The lowest BCUT2D eigenvalue weighted by atomic mass is 10.3. The van der Waals surface area contributed by atoms with Gasteiger partial charge in [0.05, 0.1) is 5.69 Å². The van der Waals surface area contributed by atoms with Gasteiger partial charge in [-0.05, 0) is 12.8 Å². The Morgan fingerprint density at radius 3 is 2.62 bits per heavy atom. The highest BCUT2D eigenvalue weighted by atomic mass is 16.1. The summed E-state index contributed by atoms with van der Waals surface area (Å²) in [5.41, 5.74) is 6.76. The molecule has 4 heteroatoms. The van der Waals surface area contributed by atoms with Crippen molar-refractivity contribution in [2.75, 3.05) is 5.73 Å². The Morgan fingerprint density at radius 2 is 2.15 bits per heavy atom. The molecule has 1 aromatic heterocycles. The van der Waals surface area contributed by atoms with Gasteiger partial charge in [0, 0.05) is 6.54 Å². The number of aryl methyl sites for hydroxylation is 2. The number of nitrogens with one attached hydrogen (secondary N) is 1. The predicted molar refractivity (Wildman–Crippen MR) is 53.8 cm³/mol. The van der Waals surface area contributed by atoms with E-state index in [1.807, 2.05) is 6.92 Å². The van der Waals surface area contributed by atoms with E-state index in [0.29, 0.717) is 5.69 Å². The van der Waals surface area contributed by atoms with Gasteiger partial charge in [0.2, 0.25) is 0 Å². The van der Waals surface area contributed by atoms with Crippen LogP contribution in [0.3, 0.4) is 0 Å². The molecule has 0 bridgehead atoms. The molecular weight excluding hydrogens is 166 g/mol. The van der Waals surface area contributed by atoms with E-state index < -0.39 is 0 Å². The second kappa shape index (κ2) is 4.16. The molecule has 1 aromatic rings. The number of H-pyrrole nitrogens is 1. The highest BCUT2D eigenvalue weighted by Gasteiger charge is 2.07. The van der Waals surface area contributed by atoms with Crippen LogP contribution in [-0.4, -0.2) is 9.78 Å². The number of hydrogen-bond acceptors (Lipinski definition) is 2. The van der Waals surface area contributed by atoms with Gasteiger partial charge in [-0.15, -0.1) is 0 Å². The van der Waals surface area contributed by atoms with Gasteiger partial charge in [-0.1, -0.05) is 20.3 Å². The lowest BCUT2D eigenvalue weighted by molar-refractivity contribution is 0.552. The van der Waals surface area contributed by atoms with Crippen LogP contribution in [0.15, 0.2) is 4.79 Å². The minimum atomic E-state index is -0.0784. The maximum atomic E-state index is 11.5. The molecule has 0 unspecified atom stereocenters. The van der Waals surface area contributed by atoms with Crippen molar-refractivity contribution in [2.24, 2.45) is 0 Å². The SMILES string of the molecule is CCCCn1[nH]c(CC)c(N)c1=O. The molecule has 0 spiro atoms. The van der Waals surface area contributed by atoms with Crippen LogP contribution in [-0.2, 0) is 13.0 Å². The zero-order chi connectivity index (χ0) is 9.84. The molecule has 0 amide bonds. The summed E-state index contributed by atoms with van der Waals surface area (Å²) in [7, 11) is 0. The molecule has 1 heterocycles. The van der Waals surface area contributed by atoms with E-state index in [2.05, 4.69) is 12.0 Å². The lowest BCUT2D eigenvalue weighted by Gasteiger charge is -1.98. The second-order valence-corrected chi connectivity index (χ2v) is 3.17. The van der Waals surface area contributed by atoms with Crippen LogP contribution in [0.2, 0.25) is 0 Å². The zero-order valence-electron chi connectivity index (χ0n) is 8.26. The zero-order valence-corrected chi connectivity index (χ0v) is 8.26. The molecule has 74 valence electrons. The van der Waals surface area contributed by atoms with Crippen LogP contribution in [0.5, 0.6) is 0 Å². The Balaban J connectivity index is 2.89. The number of rotatable bonds is 4. The fraction of sp³-hybridized carbons (Fsp3) is 0.667. The first kappa shape index (κ1) is 9.89. The summed E-state index contributed by atoms with van der Waals surface area (Å²) >= 11 is 0. The molecule has 0 saturated heterocycles. The molecule has 0 aliphatic rings. The number of nitrogens with zero attached hydrogens (tertiary/aromatic N) is 1. The number of unbranched alkanes of at least 4 members (excludes halogenated alkanes) is 1. The number of nitrogen functional groups attached to an aromatic ring is 1. The van der Waals surface area contributed by atoms with Crippen molar-refractivity contribution in [2.45, 2.75) is 39.7 Å². The minimum Gasteiger partial charge on any atom is -0.393 e. The van der Waals surface area contributed by atoms with E-state index >= 15 is 0 Å². The quantitative estimate of drug-likeness (QED) is 0.734. The number of nitrogens with two attached hydrogens (primary N) is 1. The first-order chi connectivity index (χ1) is 6.20. The van der Waals surface area contributed by atoms with Crippen LogP contribution in [0.1, 0.15) is 32.4 Å². The third-order valence-electron chi connectivity index (χ3n) is 2.16.